The summed E-state index contributed by atoms with van der Waals surface area (Å²) in [6.45, 7) is 0. The second kappa shape index (κ2) is 3.76. The molecule has 0 fully saturated rings. The molecule has 5 heteroatoms. The largest absolute Gasteiger partial charge is 0.257 e. The summed E-state index contributed by atoms with van der Waals surface area (Å²) in [4.78, 5) is 0. The highest BCUT2D eigenvalue weighted by atomic mass is 32.2. The molecular formula is C5H4N2S3. The SMILES string of the molecule is C#CCSc1n[nH]c(=S)s1. The van der Waals surface area contributed by atoms with Crippen LogP contribution in [0.4, 0.5) is 0 Å². The summed E-state index contributed by atoms with van der Waals surface area (Å²) >= 11 is 7.78. The number of H-pyrrole nitrogens is 1. The zero-order chi connectivity index (χ0) is 7.40. The molecule has 1 aromatic rings. The molecule has 0 radical (unpaired) electrons. The van der Waals surface area contributed by atoms with Crippen LogP contribution >= 0.6 is 35.3 Å². The average molecular weight is 188 g/mol. The molecule has 2 nitrogen and oxygen atoms in total. The molecule has 1 N–H and O–H groups in total. The summed E-state index contributed by atoms with van der Waals surface area (Å²) in [6, 6.07) is 0. The first kappa shape index (κ1) is 7.79. The van der Waals surface area contributed by atoms with Crippen molar-refractivity contribution in [2.75, 3.05) is 5.75 Å². The van der Waals surface area contributed by atoms with Crippen LogP contribution in [0.2, 0.25) is 0 Å². The van der Waals surface area contributed by atoms with Crippen LogP contribution in [0.25, 0.3) is 0 Å². The number of nitrogens with zero attached hydrogens (tertiary/aromatic N) is 1. The maximum Gasteiger partial charge on any atom is 0.177 e. The minimum absolute atomic E-state index is 0.649. The van der Waals surface area contributed by atoms with E-state index in [0.29, 0.717) is 9.71 Å². The van der Waals surface area contributed by atoms with E-state index in [9.17, 15) is 0 Å². The third-order valence-electron chi connectivity index (χ3n) is 0.697. The Labute approximate surface area is 72.1 Å². The molecule has 0 aliphatic rings. The molecule has 1 aromatic heterocycles. The van der Waals surface area contributed by atoms with Gasteiger partial charge in [-0.1, -0.05) is 29.0 Å². The molecule has 1 rings (SSSR count). The Hall–Kier alpha value is -0.310. The maximum atomic E-state index is 5.05. The van der Waals surface area contributed by atoms with Crippen molar-refractivity contribution in [3.05, 3.63) is 3.95 Å². The van der Waals surface area contributed by atoms with Gasteiger partial charge in [0.25, 0.3) is 0 Å². The fourth-order valence-corrected chi connectivity index (χ4v) is 2.14. The standard InChI is InChI=1S/C5H4N2S3/c1-2-3-9-5-7-6-4(8)10-5/h1H,3H2,(H,6,8). The molecule has 0 amide bonds. The smallest absolute Gasteiger partial charge is 0.177 e. The second-order valence-electron chi connectivity index (χ2n) is 1.37. The van der Waals surface area contributed by atoms with Crippen LogP contribution in [0, 0.1) is 16.3 Å². The van der Waals surface area contributed by atoms with Gasteiger partial charge in [-0.15, -0.1) is 6.42 Å². The molecule has 0 unspecified atom stereocenters. The third-order valence-corrected chi connectivity index (χ3v) is 2.83. The molecule has 10 heavy (non-hydrogen) atoms. The number of aromatic amines is 1. The number of nitrogens with one attached hydrogen (secondary N) is 1. The average Bonchev–Trinajstić information content (AvgIpc) is 2.31. The van der Waals surface area contributed by atoms with Gasteiger partial charge in [0.05, 0.1) is 5.75 Å². The Morgan fingerprint density at radius 1 is 1.90 bits per heavy atom. The molecule has 0 aromatic carbocycles. The lowest BCUT2D eigenvalue weighted by Gasteiger charge is -1.82. The molecule has 0 aliphatic heterocycles. The van der Waals surface area contributed by atoms with Crippen molar-refractivity contribution in [2.24, 2.45) is 0 Å². The Morgan fingerprint density at radius 3 is 3.20 bits per heavy atom. The number of hydrogen-bond acceptors (Lipinski definition) is 4. The Morgan fingerprint density at radius 2 is 2.70 bits per heavy atom. The molecule has 0 atom stereocenters. The first-order valence-corrected chi connectivity index (χ1v) is 4.65. The molecule has 0 spiro atoms. The number of aromatic nitrogens is 2. The van der Waals surface area contributed by atoms with E-state index in [4.69, 9.17) is 18.6 Å². The van der Waals surface area contributed by atoms with Crippen LogP contribution in [-0.4, -0.2) is 16.0 Å². The van der Waals surface area contributed by atoms with Crippen LogP contribution in [0.15, 0.2) is 4.34 Å². The van der Waals surface area contributed by atoms with E-state index >= 15 is 0 Å². The van der Waals surface area contributed by atoms with E-state index in [1.807, 2.05) is 0 Å². The fraction of sp³-hybridized carbons (Fsp3) is 0.200. The maximum absolute atomic E-state index is 5.05. The van der Waals surface area contributed by atoms with Gasteiger partial charge in [-0.25, -0.2) is 0 Å². The lowest BCUT2D eigenvalue weighted by molar-refractivity contribution is 1.00. The van der Waals surface area contributed by atoms with Crippen molar-refractivity contribution >= 4 is 35.3 Å². The summed E-state index contributed by atoms with van der Waals surface area (Å²) in [6.07, 6.45) is 5.05. The molecular weight excluding hydrogens is 184 g/mol. The van der Waals surface area contributed by atoms with Crippen LogP contribution in [0.5, 0.6) is 0 Å². The molecule has 0 aliphatic carbocycles. The predicted molar refractivity (Wildman–Crippen MR) is 46.9 cm³/mol. The minimum Gasteiger partial charge on any atom is -0.257 e. The van der Waals surface area contributed by atoms with E-state index in [0.717, 1.165) is 4.34 Å². The van der Waals surface area contributed by atoms with Crippen LogP contribution in [0.3, 0.4) is 0 Å². The topological polar surface area (TPSA) is 28.7 Å². The highest BCUT2D eigenvalue weighted by molar-refractivity contribution is 8.01. The zero-order valence-corrected chi connectivity index (χ0v) is 7.41. The number of rotatable bonds is 2. The van der Waals surface area contributed by atoms with Crippen LogP contribution in [-0.2, 0) is 0 Å². The second-order valence-corrected chi connectivity index (χ2v) is 4.26. The minimum atomic E-state index is 0.649. The summed E-state index contributed by atoms with van der Waals surface area (Å²) in [5, 5.41) is 6.58. The summed E-state index contributed by atoms with van der Waals surface area (Å²) in [5.74, 6) is 3.16. The third kappa shape index (κ3) is 2.14. The fourth-order valence-electron chi connectivity index (χ4n) is 0.381. The van der Waals surface area contributed by atoms with E-state index < -0.39 is 0 Å². The normalized spacial score (nSPS) is 9.10. The number of hydrogen-bond donors (Lipinski definition) is 1. The first-order valence-electron chi connectivity index (χ1n) is 2.44. The van der Waals surface area contributed by atoms with E-state index in [1.54, 1.807) is 0 Å². The summed E-state index contributed by atoms with van der Waals surface area (Å²) in [5.41, 5.74) is 0. The molecule has 0 saturated carbocycles. The number of terminal acetylenes is 1. The van der Waals surface area contributed by atoms with Crippen molar-refractivity contribution in [1.82, 2.24) is 10.2 Å². The summed E-state index contributed by atoms with van der Waals surface area (Å²) < 4.78 is 1.60. The molecule has 1 heterocycles. The zero-order valence-electron chi connectivity index (χ0n) is 4.96. The van der Waals surface area contributed by atoms with Gasteiger partial charge in [-0.05, 0) is 12.2 Å². The quantitative estimate of drug-likeness (QED) is 0.437. The number of thioether (sulfide) groups is 1. The highest BCUT2D eigenvalue weighted by Gasteiger charge is 1.94. The van der Waals surface area contributed by atoms with Gasteiger partial charge in [0.2, 0.25) is 0 Å². The Balaban J connectivity index is 2.61. The van der Waals surface area contributed by atoms with Crippen LogP contribution < -0.4 is 0 Å². The van der Waals surface area contributed by atoms with Gasteiger partial charge in [0.1, 0.15) is 0 Å². The van der Waals surface area contributed by atoms with Crippen molar-refractivity contribution in [1.29, 1.82) is 0 Å². The van der Waals surface area contributed by atoms with Crippen molar-refractivity contribution in [2.45, 2.75) is 4.34 Å². The lowest BCUT2D eigenvalue weighted by Crippen LogP contribution is -1.71. The van der Waals surface area contributed by atoms with Crippen molar-refractivity contribution in [3.63, 3.8) is 0 Å². The van der Waals surface area contributed by atoms with Crippen molar-refractivity contribution < 1.29 is 0 Å². The first-order chi connectivity index (χ1) is 4.83. The van der Waals surface area contributed by atoms with E-state index in [1.165, 1.54) is 23.1 Å². The van der Waals surface area contributed by atoms with Crippen LogP contribution in [0.1, 0.15) is 0 Å². The molecule has 52 valence electrons. The monoisotopic (exact) mass is 188 g/mol. The van der Waals surface area contributed by atoms with E-state index in [2.05, 4.69) is 16.1 Å². The van der Waals surface area contributed by atoms with Gasteiger partial charge in [-0.2, -0.15) is 5.10 Å². The van der Waals surface area contributed by atoms with Gasteiger partial charge in [0.15, 0.2) is 8.29 Å². The highest BCUT2D eigenvalue weighted by Crippen LogP contribution is 2.18. The Kier molecular flexibility index (Phi) is 2.93. The predicted octanol–water partition coefficient (Wildman–Crippen LogP) is 1.93. The van der Waals surface area contributed by atoms with Gasteiger partial charge in [0, 0.05) is 0 Å². The Bertz CT molecular complexity index is 292. The van der Waals surface area contributed by atoms with Gasteiger partial charge >= 0.3 is 0 Å². The van der Waals surface area contributed by atoms with Gasteiger partial charge in [-0.3, -0.25) is 5.10 Å². The van der Waals surface area contributed by atoms with Crippen molar-refractivity contribution in [3.8, 4) is 12.3 Å². The molecule has 0 bridgehead atoms. The molecule has 0 saturated heterocycles. The summed E-state index contributed by atoms with van der Waals surface area (Å²) in [7, 11) is 0. The van der Waals surface area contributed by atoms with E-state index in [-0.39, 0.29) is 0 Å². The lowest BCUT2D eigenvalue weighted by atomic mass is 10.8. The van der Waals surface area contributed by atoms with Gasteiger partial charge < -0.3 is 0 Å².